The minimum atomic E-state index is 0.0838. The fourth-order valence-corrected chi connectivity index (χ4v) is 3.80. The first-order valence-corrected chi connectivity index (χ1v) is 6.17. The van der Waals surface area contributed by atoms with E-state index in [1.165, 1.54) is 16.2 Å². The second-order valence-corrected chi connectivity index (χ2v) is 6.00. The van der Waals surface area contributed by atoms with Crippen molar-refractivity contribution in [3.8, 4) is 0 Å². The maximum atomic E-state index is 12.2. The summed E-state index contributed by atoms with van der Waals surface area (Å²) >= 11 is 1.81. The van der Waals surface area contributed by atoms with Crippen molar-refractivity contribution in [2.75, 3.05) is 0 Å². The van der Waals surface area contributed by atoms with Gasteiger partial charge in [0.15, 0.2) is 5.78 Å². The van der Waals surface area contributed by atoms with Crippen LogP contribution in [0.4, 0.5) is 0 Å². The van der Waals surface area contributed by atoms with Gasteiger partial charge < -0.3 is 0 Å². The van der Waals surface area contributed by atoms with E-state index < -0.39 is 0 Å². The average Bonchev–Trinajstić information content (AvgIpc) is 2.44. The van der Waals surface area contributed by atoms with Gasteiger partial charge in [-0.2, -0.15) is 0 Å². The van der Waals surface area contributed by atoms with Crippen molar-refractivity contribution in [2.45, 2.75) is 39.0 Å². The Labute approximate surface area is 88.1 Å². The van der Waals surface area contributed by atoms with E-state index >= 15 is 0 Å². The van der Waals surface area contributed by atoms with E-state index in [9.17, 15) is 4.79 Å². The Morgan fingerprint density at radius 1 is 1.36 bits per heavy atom. The third kappa shape index (κ3) is 0.977. The predicted molar refractivity (Wildman–Crippen MR) is 58.0 cm³/mol. The fraction of sp³-hybridized carbons (Fsp3) is 0.583. The number of fused-ring (bicyclic) bond motifs is 1. The Bertz CT molecular complexity index is 398. The largest absolute Gasteiger partial charge is 0.294 e. The standard InChI is InChI=1S/C12H14OS/c1-8-7-9-10(14-8)3-6-12(11(9)13)4-2-5-12/h7H,2-6H2,1H3. The van der Waals surface area contributed by atoms with Crippen LogP contribution in [-0.2, 0) is 6.42 Å². The molecule has 1 spiro atoms. The van der Waals surface area contributed by atoms with Gasteiger partial charge in [0, 0.05) is 20.7 Å². The number of thiophene rings is 1. The molecule has 0 amide bonds. The van der Waals surface area contributed by atoms with Crippen molar-refractivity contribution in [2.24, 2.45) is 5.41 Å². The second kappa shape index (κ2) is 2.69. The lowest BCUT2D eigenvalue weighted by Gasteiger charge is -2.42. The lowest BCUT2D eigenvalue weighted by molar-refractivity contribution is 0.0558. The van der Waals surface area contributed by atoms with Gasteiger partial charge in [-0.05, 0) is 38.7 Å². The van der Waals surface area contributed by atoms with E-state index in [4.69, 9.17) is 0 Å². The minimum absolute atomic E-state index is 0.0838. The van der Waals surface area contributed by atoms with Gasteiger partial charge in [0.1, 0.15) is 0 Å². The summed E-state index contributed by atoms with van der Waals surface area (Å²) in [4.78, 5) is 14.9. The van der Waals surface area contributed by atoms with Crippen LogP contribution in [0.3, 0.4) is 0 Å². The summed E-state index contributed by atoms with van der Waals surface area (Å²) in [5.41, 5.74) is 1.14. The molecule has 74 valence electrons. The molecule has 1 aromatic heterocycles. The zero-order valence-corrected chi connectivity index (χ0v) is 9.25. The van der Waals surface area contributed by atoms with E-state index in [-0.39, 0.29) is 5.41 Å². The maximum Gasteiger partial charge on any atom is 0.170 e. The number of hydrogen-bond donors (Lipinski definition) is 0. The van der Waals surface area contributed by atoms with Gasteiger partial charge in [0.2, 0.25) is 0 Å². The van der Waals surface area contributed by atoms with Crippen molar-refractivity contribution in [1.82, 2.24) is 0 Å². The van der Waals surface area contributed by atoms with Gasteiger partial charge in [0.05, 0.1) is 0 Å². The Morgan fingerprint density at radius 2 is 2.14 bits per heavy atom. The van der Waals surface area contributed by atoms with Crippen LogP contribution in [0.2, 0.25) is 0 Å². The molecule has 1 aromatic rings. The van der Waals surface area contributed by atoms with Crippen molar-refractivity contribution in [3.63, 3.8) is 0 Å². The van der Waals surface area contributed by atoms with Crippen LogP contribution >= 0.6 is 11.3 Å². The van der Waals surface area contributed by atoms with Gasteiger partial charge in [-0.25, -0.2) is 0 Å². The van der Waals surface area contributed by atoms with Crippen molar-refractivity contribution < 1.29 is 4.79 Å². The molecule has 0 aromatic carbocycles. The third-order valence-electron chi connectivity index (χ3n) is 3.80. The molecular formula is C12H14OS. The Kier molecular flexibility index (Phi) is 1.67. The minimum Gasteiger partial charge on any atom is -0.294 e. The van der Waals surface area contributed by atoms with E-state index in [1.807, 2.05) is 11.3 Å². The van der Waals surface area contributed by atoms with Crippen molar-refractivity contribution in [3.05, 3.63) is 21.4 Å². The van der Waals surface area contributed by atoms with Gasteiger partial charge in [0.25, 0.3) is 0 Å². The Hall–Kier alpha value is -0.630. The van der Waals surface area contributed by atoms with E-state index in [0.29, 0.717) is 5.78 Å². The number of ketones is 1. The Morgan fingerprint density at radius 3 is 2.79 bits per heavy atom. The molecule has 1 heterocycles. The van der Waals surface area contributed by atoms with Crippen LogP contribution in [0.15, 0.2) is 6.07 Å². The maximum absolute atomic E-state index is 12.2. The summed E-state index contributed by atoms with van der Waals surface area (Å²) in [6, 6.07) is 2.10. The number of carbonyl (C=O) groups is 1. The van der Waals surface area contributed by atoms with Crippen LogP contribution in [0, 0.1) is 12.3 Å². The predicted octanol–water partition coefficient (Wildman–Crippen LogP) is 3.36. The molecule has 14 heavy (non-hydrogen) atoms. The monoisotopic (exact) mass is 206 g/mol. The number of Topliss-reactive ketones (excluding diaryl/α,β-unsaturated/α-hetero) is 1. The molecule has 0 aliphatic heterocycles. The van der Waals surface area contributed by atoms with E-state index in [0.717, 1.165) is 31.2 Å². The topological polar surface area (TPSA) is 17.1 Å². The molecule has 0 saturated heterocycles. The molecule has 2 aliphatic rings. The summed E-state index contributed by atoms with van der Waals surface area (Å²) in [6.07, 6.45) is 5.78. The molecule has 0 radical (unpaired) electrons. The summed E-state index contributed by atoms with van der Waals surface area (Å²) < 4.78 is 0. The smallest absolute Gasteiger partial charge is 0.170 e. The van der Waals surface area contributed by atoms with Gasteiger partial charge in [-0.15, -0.1) is 11.3 Å². The normalized spacial score (nSPS) is 23.4. The molecule has 0 atom stereocenters. The van der Waals surface area contributed by atoms with Gasteiger partial charge in [-0.1, -0.05) is 6.42 Å². The highest BCUT2D eigenvalue weighted by atomic mass is 32.1. The first-order valence-electron chi connectivity index (χ1n) is 5.35. The van der Waals surface area contributed by atoms with Gasteiger partial charge >= 0.3 is 0 Å². The van der Waals surface area contributed by atoms with Crippen LogP contribution in [-0.4, -0.2) is 5.78 Å². The number of carbonyl (C=O) groups excluding carboxylic acids is 1. The van der Waals surface area contributed by atoms with E-state index in [2.05, 4.69) is 13.0 Å². The highest BCUT2D eigenvalue weighted by Crippen LogP contribution is 2.51. The first-order chi connectivity index (χ1) is 6.71. The molecule has 1 nitrogen and oxygen atoms in total. The molecule has 1 saturated carbocycles. The molecular weight excluding hydrogens is 192 g/mol. The van der Waals surface area contributed by atoms with Gasteiger partial charge in [-0.3, -0.25) is 4.79 Å². The second-order valence-electron chi connectivity index (χ2n) is 4.66. The molecule has 2 aliphatic carbocycles. The summed E-state index contributed by atoms with van der Waals surface area (Å²) in [6.45, 7) is 2.10. The average molecular weight is 206 g/mol. The number of hydrogen-bond acceptors (Lipinski definition) is 2. The number of aryl methyl sites for hydroxylation is 2. The SMILES string of the molecule is Cc1cc2c(s1)CCC1(CCC1)C2=O. The number of rotatable bonds is 0. The zero-order valence-electron chi connectivity index (χ0n) is 8.43. The zero-order chi connectivity index (χ0) is 9.76. The van der Waals surface area contributed by atoms with Crippen molar-refractivity contribution in [1.29, 1.82) is 0 Å². The highest BCUT2D eigenvalue weighted by molar-refractivity contribution is 7.12. The lowest BCUT2D eigenvalue weighted by Crippen LogP contribution is -2.41. The molecule has 3 rings (SSSR count). The lowest BCUT2D eigenvalue weighted by atomic mass is 9.60. The van der Waals surface area contributed by atoms with Crippen LogP contribution in [0.5, 0.6) is 0 Å². The molecule has 1 fully saturated rings. The van der Waals surface area contributed by atoms with Crippen LogP contribution in [0.25, 0.3) is 0 Å². The fourth-order valence-electron chi connectivity index (χ4n) is 2.77. The molecule has 0 unspecified atom stereocenters. The Balaban J connectivity index is 2.06. The first kappa shape index (κ1) is 8.66. The quantitative estimate of drug-likeness (QED) is 0.636. The third-order valence-corrected chi connectivity index (χ3v) is 4.91. The summed E-state index contributed by atoms with van der Waals surface area (Å²) in [5.74, 6) is 0.453. The van der Waals surface area contributed by atoms with Crippen molar-refractivity contribution >= 4 is 17.1 Å². The molecule has 2 heteroatoms. The highest BCUT2D eigenvalue weighted by Gasteiger charge is 2.47. The summed E-state index contributed by atoms with van der Waals surface area (Å²) in [7, 11) is 0. The molecule has 0 bridgehead atoms. The van der Waals surface area contributed by atoms with Crippen LogP contribution < -0.4 is 0 Å². The summed E-state index contributed by atoms with van der Waals surface area (Å²) in [5, 5.41) is 0. The molecule has 0 N–H and O–H groups in total. The van der Waals surface area contributed by atoms with Crippen LogP contribution in [0.1, 0.15) is 45.8 Å². The van der Waals surface area contributed by atoms with E-state index in [1.54, 1.807) is 0 Å².